The van der Waals surface area contributed by atoms with Crippen LogP contribution in [0, 0.1) is 0 Å². The molecule has 0 fully saturated rings. The maximum absolute atomic E-state index is 12.1. The molecule has 0 aliphatic rings. The second-order valence-corrected chi connectivity index (χ2v) is 5.91. The van der Waals surface area contributed by atoms with E-state index in [4.69, 9.17) is 4.74 Å². The summed E-state index contributed by atoms with van der Waals surface area (Å²) in [5, 5.41) is 6.10. The maximum atomic E-state index is 12.1. The second kappa shape index (κ2) is 9.05. The van der Waals surface area contributed by atoms with E-state index in [-0.39, 0.29) is 11.9 Å². The number of nitrogens with one attached hydrogen (secondary N) is 2. The lowest BCUT2D eigenvalue weighted by Crippen LogP contribution is -2.41. The zero-order chi connectivity index (χ0) is 17.4. The van der Waals surface area contributed by atoms with Crippen molar-refractivity contribution >= 4 is 11.6 Å². The van der Waals surface area contributed by atoms with Gasteiger partial charge in [0.15, 0.2) is 0 Å². The first kappa shape index (κ1) is 18.0. The molecule has 0 aromatic heterocycles. The SMILES string of the molecule is C[C@@H](NCCN(C)C)C(=O)Nc1ccc(Oc2ccccc2)cc1. The molecule has 0 saturated carbocycles. The molecule has 0 aliphatic carbocycles. The molecular formula is C19H25N3O2. The van der Waals surface area contributed by atoms with Gasteiger partial charge in [0.2, 0.25) is 5.91 Å². The number of hydrogen-bond donors (Lipinski definition) is 2. The minimum Gasteiger partial charge on any atom is -0.457 e. The smallest absolute Gasteiger partial charge is 0.241 e. The Morgan fingerprint density at radius 1 is 1.04 bits per heavy atom. The van der Waals surface area contributed by atoms with Crippen molar-refractivity contribution in [1.82, 2.24) is 10.2 Å². The van der Waals surface area contributed by atoms with Crippen molar-refractivity contribution in [1.29, 1.82) is 0 Å². The number of amides is 1. The van der Waals surface area contributed by atoms with Crippen molar-refractivity contribution < 1.29 is 9.53 Å². The summed E-state index contributed by atoms with van der Waals surface area (Å²) in [6, 6.07) is 16.7. The summed E-state index contributed by atoms with van der Waals surface area (Å²) < 4.78 is 5.73. The molecule has 0 aliphatic heterocycles. The van der Waals surface area contributed by atoms with Crippen LogP contribution >= 0.6 is 0 Å². The van der Waals surface area contributed by atoms with Crippen LogP contribution in [0.15, 0.2) is 54.6 Å². The zero-order valence-electron chi connectivity index (χ0n) is 14.5. The van der Waals surface area contributed by atoms with Crippen molar-refractivity contribution in [3.63, 3.8) is 0 Å². The number of carbonyl (C=O) groups excluding carboxylic acids is 1. The highest BCUT2D eigenvalue weighted by Crippen LogP contribution is 2.22. The zero-order valence-corrected chi connectivity index (χ0v) is 14.5. The summed E-state index contributed by atoms with van der Waals surface area (Å²) in [6.45, 7) is 3.52. The highest BCUT2D eigenvalue weighted by molar-refractivity contribution is 5.94. The quantitative estimate of drug-likeness (QED) is 0.783. The fourth-order valence-electron chi connectivity index (χ4n) is 2.08. The predicted molar refractivity (Wildman–Crippen MR) is 97.6 cm³/mol. The number of benzene rings is 2. The van der Waals surface area contributed by atoms with E-state index in [1.54, 1.807) is 0 Å². The maximum Gasteiger partial charge on any atom is 0.241 e. The molecule has 1 atom stereocenters. The molecule has 2 N–H and O–H groups in total. The normalized spacial score (nSPS) is 12.0. The Labute approximate surface area is 143 Å². The van der Waals surface area contributed by atoms with E-state index in [1.807, 2.05) is 75.6 Å². The van der Waals surface area contributed by atoms with Gasteiger partial charge in [-0.1, -0.05) is 18.2 Å². The molecular weight excluding hydrogens is 302 g/mol. The van der Waals surface area contributed by atoms with Gasteiger partial charge in [0.05, 0.1) is 6.04 Å². The lowest BCUT2D eigenvalue weighted by atomic mass is 10.2. The van der Waals surface area contributed by atoms with E-state index in [0.29, 0.717) is 0 Å². The molecule has 0 unspecified atom stereocenters. The molecule has 0 saturated heterocycles. The van der Waals surface area contributed by atoms with E-state index < -0.39 is 0 Å². The highest BCUT2D eigenvalue weighted by atomic mass is 16.5. The molecule has 0 radical (unpaired) electrons. The Kier molecular flexibility index (Phi) is 6.78. The average molecular weight is 327 g/mol. The number of hydrogen-bond acceptors (Lipinski definition) is 4. The molecule has 2 rings (SSSR count). The number of nitrogens with zero attached hydrogens (tertiary/aromatic N) is 1. The molecule has 0 heterocycles. The van der Waals surface area contributed by atoms with Gasteiger partial charge in [0, 0.05) is 18.8 Å². The van der Waals surface area contributed by atoms with Crippen LogP contribution < -0.4 is 15.4 Å². The Balaban J connectivity index is 1.83. The Bertz CT molecular complexity index is 627. The first-order valence-corrected chi connectivity index (χ1v) is 8.06. The molecule has 5 nitrogen and oxygen atoms in total. The molecule has 1 amide bonds. The third-order valence-electron chi connectivity index (χ3n) is 3.50. The van der Waals surface area contributed by atoms with Gasteiger partial charge in [-0.15, -0.1) is 0 Å². The Hall–Kier alpha value is -2.37. The average Bonchev–Trinajstić information content (AvgIpc) is 2.57. The number of anilines is 1. The van der Waals surface area contributed by atoms with Gasteiger partial charge >= 0.3 is 0 Å². The summed E-state index contributed by atoms with van der Waals surface area (Å²) in [5.41, 5.74) is 0.752. The largest absolute Gasteiger partial charge is 0.457 e. The van der Waals surface area contributed by atoms with Crippen LogP contribution in [0.2, 0.25) is 0 Å². The van der Waals surface area contributed by atoms with Crippen LogP contribution in [0.1, 0.15) is 6.92 Å². The lowest BCUT2D eigenvalue weighted by Gasteiger charge is -2.16. The van der Waals surface area contributed by atoms with Gasteiger partial charge in [-0.25, -0.2) is 0 Å². The van der Waals surface area contributed by atoms with Gasteiger partial charge in [-0.3, -0.25) is 4.79 Å². The number of rotatable bonds is 8. The fraction of sp³-hybridized carbons (Fsp3) is 0.316. The van der Waals surface area contributed by atoms with Crippen molar-refractivity contribution in [3.05, 3.63) is 54.6 Å². The Morgan fingerprint density at radius 2 is 1.67 bits per heavy atom. The molecule has 5 heteroatoms. The van der Waals surface area contributed by atoms with E-state index in [2.05, 4.69) is 15.5 Å². The topological polar surface area (TPSA) is 53.6 Å². The van der Waals surface area contributed by atoms with Crippen molar-refractivity contribution in [2.45, 2.75) is 13.0 Å². The minimum atomic E-state index is -0.245. The third-order valence-corrected chi connectivity index (χ3v) is 3.50. The minimum absolute atomic E-state index is 0.0505. The van der Waals surface area contributed by atoms with Crippen LogP contribution in [0.25, 0.3) is 0 Å². The molecule has 0 spiro atoms. The second-order valence-electron chi connectivity index (χ2n) is 5.91. The molecule has 2 aromatic carbocycles. The van der Waals surface area contributed by atoms with Gasteiger partial charge in [-0.2, -0.15) is 0 Å². The first-order valence-electron chi connectivity index (χ1n) is 8.06. The molecule has 0 bridgehead atoms. The van der Waals surface area contributed by atoms with Gasteiger partial charge in [0.25, 0.3) is 0 Å². The highest BCUT2D eigenvalue weighted by Gasteiger charge is 2.12. The summed E-state index contributed by atoms with van der Waals surface area (Å²) in [5.74, 6) is 1.47. The van der Waals surface area contributed by atoms with Gasteiger partial charge < -0.3 is 20.3 Å². The number of ether oxygens (including phenoxy) is 1. The van der Waals surface area contributed by atoms with Crippen molar-refractivity contribution in [2.75, 3.05) is 32.5 Å². The summed E-state index contributed by atoms with van der Waals surface area (Å²) in [7, 11) is 4.01. The fourth-order valence-corrected chi connectivity index (χ4v) is 2.08. The van der Waals surface area contributed by atoms with E-state index in [9.17, 15) is 4.79 Å². The van der Waals surface area contributed by atoms with Crippen LogP contribution in [0.4, 0.5) is 5.69 Å². The third kappa shape index (κ3) is 6.02. The first-order chi connectivity index (χ1) is 11.5. The standard InChI is InChI=1S/C19H25N3O2/c1-15(20-13-14-22(2)3)19(23)21-16-9-11-18(12-10-16)24-17-7-5-4-6-8-17/h4-12,15,20H,13-14H2,1-3H3,(H,21,23)/t15-/m1/s1. The van der Waals surface area contributed by atoms with Gasteiger partial charge in [0.1, 0.15) is 11.5 Å². The number of para-hydroxylation sites is 1. The molecule has 24 heavy (non-hydrogen) atoms. The molecule has 2 aromatic rings. The Morgan fingerprint density at radius 3 is 2.29 bits per heavy atom. The number of likely N-dealkylation sites (N-methyl/N-ethyl adjacent to an activating group) is 1. The van der Waals surface area contributed by atoms with Crippen LogP contribution in [0.3, 0.4) is 0 Å². The summed E-state index contributed by atoms with van der Waals surface area (Å²) in [6.07, 6.45) is 0. The summed E-state index contributed by atoms with van der Waals surface area (Å²) in [4.78, 5) is 14.2. The number of carbonyl (C=O) groups is 1. The van der Waals surface area contributed by atoms with Crippen LogP contribution in [0.5, 0.6) is 11.5 Å². The predicted octanol–water partition coefficient (Wildman–Crippen LogP) is 2.96. The van der Waals surface area contributed by atoms with Crippen molar-refractivity contribution in [3.8, 4) is 11.5 Å². The van der Waals surface area contributed by atoms with E-state index in [1.165, 1.54) is 0 Å². The lowest BCUT2D eigenvalue weighted by molar-refractivity contribution is -0.117. The van der Waals surface area contributed by atoms with Gasteiger partial charge in [-0.05, 0) is 57.4 Å². The van der Waals surface area contributed by atoms with Crippen molar-refractivity contribution in [2.24, 2.45) is 0 Å². The van der Waals surface area contributed by atoms with E-state index >= 15 is 0 Å². The van der Waals surface area contributed by atoms with E-state index in [0.717, 1.165) is 30.3 Å². The monoisotopic (exact) mass is 327 g/mol. The van der Waals surface area contributed by atoms with Crippen LogP contribution in [-0.2, 0) is 4.79 Å². The summed E-state index contributed by atoms with van der Waals surface area (Å²) >= 11 is 0. The molecule has 128 valence electrons. The van der Waals surface area contributed by atoms with Crippen LogP contribution in [-0.4, -0.2) is 44.0 Å².